The quantitative estimate of drug-likeness (QED) is 0.903. The molecule has 0 aliphatic carbocycles. The van der Waals surface area contributed by atoms with Gasteiger partial charge in [-0.05, 0) is 22.0 Å². The molecule has 2 unspecified atom stereocenters. The Morgan fingerprint density at radius 2 is 1.50 bits per heavy atom. The van der Waals surface area contributed by atoms with Gasteiger partial charge in [-0.15, -0.1) is 0 Å². The van der Waals surface area contributed by atoms with E-state index in [0.29, 0.717) is 6.42 Å². The lowest BCUT2D eigenvalue weighted by atomic mass is 9.83. The van der Waals surface area contributed by atoms with Crippen molar-refractivity contribution in [2.45, 2.75) is 65.6 Å². The maximum atomic E-state index is 10.4. The van der Waals surface area contributed by atoms with Crippen molar-refractivity contribution in [1.29, 1.82) is 0 Å². The van der Waals surface area contributed by atoms with Crippen LogP contribution < -0.4 is 0 Å². The molecule has 0 saturated carbocycles. The van der Waals surface area contributed by atoms with E-state index in [2.05, 4.69) is 65.8 Å². The SMILES string of the molecule is COC(C(O)Cc1ccc(C(C)(C)C)cc1)C(C)(C)C. The summed E-state index contributed by atoms with van der Waals surface area (Å²) in [5.41, 5.74) is 2.56. The first-order valence-corrected chi connectivity index (χ1v) is 7.36. The van der Waals surface area contributed by atoms with Crippen molar-refractivity contribution in [2.75, 3.05) is 7.11 Å². The number of benzene rings is 1. The van der Waals surface area contributed by atoms with Crippen LogP contribution in [-0.2, 0) is 16.6 Å². The van der Waals surface area contributed by atoms with Gasteiger partial charge in [-0.3, -0.25) is 0 Å². The van der Waals surface area contributed by atoms with E-state index in [9.17, 15) is 5.11 Å². The van der Waals surface area contributed by atoms with Gasteiger partial charge in [-0.1, -0.05) is 65.8 Å². The highest BCUT2D eigenvalue weighted by Gasteiger charge is 2.31. The van der Waals surface area contributed by atoms with Crippen LogP contribution in [0.3, 0.4) is 0 Å². The van der Waals surface area contributed by atoms with Crippen LogP contribution in [0.2, 0.25) is 0 Å². The van der Waals surface area contributed by atoms with Crippen LogP contribution in [0, 0.1) is 5.41 Å². The molecule has 2 heteroatoms. The van der Waals surface area contributed by atoms with Gasteiger partial charge in [0.15, 0.2) is 0 Å². The summed E-state index contributed by atoms with van der Waals surface area (Å²) in [4.78, 5) is 0. The Labute approximate surface area is 124 Å². The first-order chi connectivity index (χ1) is 9.05. The summed E-state index contributed by atoms with van der Waals surface area (Å²) < 4.78 is 5.48. The summed E-state index contributed by atoms with van der Waals surface area (Å²) in [6, 6.07) is 8.53. The fraction of sp³-hybridized carbons (Fsp3) is 0.667. The van der Waals surface area contributed by atoms with Gasteiger partial charge in [-0.2, -0.15) is 0 Å². The normalized spacial score (nSPS) is 16.0. The predicted molar refractivity (Wildman–Crippen MR) is 85.1 cm³/mol. The molecule has 0 bridgehead atoms. The van der Waals surface area contributed by atoms with Crippen LogP contribution in [0.1, 0.15) is 52.7 Å². The van der Waals surface area contributed by atoms with Crippen LogP contribution in [0.5, 0.6) is 0 Å². The number of rotatable bonds is 4. The molecule has 0 fully saturated rings. The minimum atomic E-state index is -0.486. The maximum absolute atomic E-state index is 10.4. The molecular formula is C18H30O2. The molecule has 1 aromatic carbocycles. The van der Waals surface area contributed by atoms with Gasteiger partial charge >= 0.3 is 0 Å². The smallest absolute Gasteiger partial charge is 0.0881 e. The van der Waals surface area contributed by atoms with Gasteiger partial charge in [0, 0.05) is 13.5 Å². The van der Waals surface area contributed by atoms with Crippen molar-refractivity contribution < 1.29 is 9.84 Å². The first-order valence-electron chi connectivity index (χ1n) is 7.36. The van der Waals surface area contributed by atoms with E-state index < -0.39 is 6.10 Å². The van der Waals surface area contributed by atoms with Crippen LogP contribution >= 0.6 is 0 Å². The molecule has 0 spiro atoms. The van der Waals surface area contributed by atoms with Crippen LogP contribution in [0.25, 0.3) is 0 Å². The topological polar surface area (TPSA) is 29.5 Å². The van der Waals surface area contributed by atoms with Gasteiger partial charge in [0.25, 0.3) is 0 Å². The van der Waals surface area contributed by atoms with Crippen molar-refractivity contribution >= 4 is 0 Å². The second-order valence-corrected chi connectivity index (χ2v) is 7.74. The Morgan fingerprint density at radius 3 is 1.85 bits per heavy atom. The molecule has 1 aromatic rings. The van der Waals surface area contributed by atoms with E-state index >= 15 is 0 Å². The summed E-state index contributed by atoms with van der Waals surface area (Å²) in [5, 5.41) is 10.4. The highest BCUT2D eigenvalue weighted by Crippen LogP contribution is 2.27. The number of aliphatic hydroxyl groups excluding tert-OH is 1. The monoisotopic (exact) mass is 278 g/mol. The van der Waals surface area contributed by atoms with Gasteiger partial charge in [0.1, 0.15) is 0 Å². The average Bonchev–Trinajstić information content (AvgIpc) is 2.27. The molecule has 0 saturated heterocycles. The molecular weight excluding hydrogens is 248 g/mol. The molecule has 0 aliphatic heterocycles. The van der Waals surface area contributed by atoms with Crippen molar-refractivity contribution in [3.05, 3.63) is 35.4 Å². The standard InChI is InChI=1S/C18H30O2/c1-17(2,3)14-10-8-13(9-11-14)12-15(19)16(20-7)18(4,5)6/h8-11,15-16,19H,12H2,1-7H3. The Kier molecular flexibility index (Phi) is 5.39. The number of hydrogen-bond donors (Lipinski definition) is 1. The van der Waals surface area contributed by atoms with E-state index in [1.807, 2.05) is 0 Å². The van der Waals surface area contributed by atoms with Gasteiger partial charge in [0.2, 0.25) is 0 Å². The van der Waals surface area contributed by atoms with E-state index in [0.717, 1.165) is 5.56 Å². The molecule has 1 rings (SSSR count). The van der Waals surface area contributed by atoms with Crippen LogP contribution in [-0.4, -0.2) is 24.4 Å². The summed E-state index contributed by atoms with van der Waals surface area (Å²) in [7, 11) is 1.67. The van der Waals surface area contributed by atoms with E-state index in [1.165, 1.54) is 5.56 Å². The van der Waals surface area contributed by atoms with Crippen molar-refractivity contribution in [2.24, 2.45) is 5.41 Å². The molecule has 0 aliphatic rings. The average molecular weight is 278 g/mol. The highest BCUT2D eigenvalue weighted by atomic mass is 16.5. The maximum Gasteiger partial charge on any atom is 0.0881 e. The van der Waals surface area contributed by atoms with E-state index in [4.69, 9.17) is 4.74 Å². The fourth-order valence-electron chi connectivity index (χ4n) is 2.58. The zero-order valence-corrected chi connectivity index (χ0v) is 14.0. The van der Waals surface area contributed by atoms with E-state index in [1.54, 1.807) is 7.11 Å². The lowest BCUT2D eigenvalue weighted by Gasteiger charge is -2.33. The Balaban J connectivity index is 2.78. The summed E-state index contributed by atoms with van der Waals surface area (Å²) in [6.45, 7) is 12.9. The summed E-state index contributed by atoms with van der Waals surface area (Å²) in [5.74, 6) is 0. The lowest BCUT2D eigenvalue weighted by Crippen LogP contribution is -2.40. The first kappa shape index (κ1) is 17.2. The second-order valence-electron chi connectivity index (χ2n) is 7.74. The lowest BCUT2D eigenvalue weighted by molar-refractivity contribution is -0.0699. The van der Waals surface area contributed by atoms with Crippen molar-refractivity contribution in [3.63, 3.8) is 0 Å². The summed E-state index contributed by atoms with van der Waals surface area (Å²) >= 11 is 0. The number of hydrogen-bond acceptors (Lipinski definition) is 2. The molecule has 0 heterocycles. The predicted octanol–water partition coefficient (Wildman–Crippen LogP) is 3.95. The molecule has 1 N–H and O–H groups in total. The largest absolute Gasteiger partial charge is 0.390 e. The Morgan fingerprint density at radius 1 is 1.00 bits per heavy atom. The molecule has 2 nitrogen and oxygen atoms in total. The minimum Gasteiger partial charge on any atom is -0.390 e. The number of methoxy groups -OCH3 is 1. The molecule has 114 valence electrons. The minimum absolute atomic E-state index is 0.0699. The van der Waals surface area contributed by atoms with Crippen LogP contribution in [0.4, 0.5) is 0 Å². The van der Waals surface area contributed by atoms with Gasteiger partial charge in [0.05, 0.1) is 12.2 Å². The zero-order valence-electron chi connectivity index (χ0n) is 14.0. The molecule has 0 radical (unpaired) electrons. The summed E-state index contributed by atoms with van der Waals surface area (Å²) in [6.07, 6.45) is -0.0227. The van der Waals surface area contributed by atoms with Crippen LogP contribution in [0.15, 0.2) is 24.3 Å². The Bertz CT molecular complexity index is 407. The Hall–Kier alpha value is -0.860. The van der Waals surface area contributed by atoms with E-state index in [-0.39, 0.29) is 16.9 Å². The molecule has 0 aromatic heterocycles. The third-order valence-electron chi connectivity index (χ3n) is 3.72. The zero-order chi connectivity index (χ0) is 15.6. The fourth-order valence-corrected chi connectivity index (χ4v) is 2.58. The highest BCUT2D eigenvalue weighted by molar-refractivity contribution is 5.28. The third kappa shape index (κ3) is 4.60. The van der Waals surface area contributed by atoms with Gasteiger partial charge < -0.3 is 9.84 Å². The third-order valence-corrected chi connectivity index (χ3v) is 3.72. The molecule has 2 atom stereocenters. The second kappa shape index (κ2) is 6.28. The van der Waals surface area contributed by atoms with Gasteiger partial charge in [-0.25, -0.2) is 0 Å². The molecule has 0 amide bonds. The number of aliphatic hydroxyl groups is 1. The van der Waals surface area contributed by atoms with Crippen molar-refractivity contribution in [3.8, 4) is 0 Å². The number of ether oxygens (including phenoxy) is 1. The molecule has 20 heavy (non-hydrogen) atoms. The van der Waals surface area contributed by atoms with Crippen molar-refractivity contribution in [1.82, 2.24) is 0 Å².